The van der Waals surface area contributed by atoms with Crippen LogP contribution < -0.4 is 5.43 Å². The van der Waals surface area contributed by atoms with E-state index < -0.39 is 0 Å². The number of benzene rings is 1. The number of rotatable bonds is 7. The van der Waals surface area contributed by atoms with Gasteiger partial charge in [0.15, 0.2) is 0 Å². The molecule has 0 aliphatic carbocycles. The smallest absolute Gasteiger partial charge is 0.325 e. The molecule has 0 spiro atoms. The number of hydrogen-bond acceptors (Lipinski definition) is 4. The zero-order valence-corrected chi connectivity index (χ0v) is 14.7. The average molecular weight is 318 g/mol. The minimum atomic E-state index is -0.167. The second kappa shape index (κ2) is 8.46. The standard InChI is InChI=1S/C19H30N2O2/c1-4-19(2,3)15-20-21-13-9-8-12-17(21)18(22)23-14-16-10-6-5-7-11-16/h5-7,10-11,17,20H,4,8-9,12-15H2,1-3H3. The number of ether oxygens (including phenoxy) is 1. The van der Waals surface area contributed by atoms with Gasteiger partial charge < -0.3 is 4.74 Å². The number of hydrazine groups is 1. The highest BCUT2D eigenvalue weighted by Gasteiger charge is 2.31. The predicted octanol–water partition coefficient (Wildman–Crippen LogP) is 3.53. The average Bonchev–Trinajstić information content (AvgIpc) is 2.59. The molecular formula is C19H30N2O2. The lowest BCUT2D eigenvalue weighted by Crippen LogP contribution is -2.54. The lowest BCUT2D eigenvalue weighted by molar-refractivity contribution is -0.154. The van der Waals surface area contributed by atoms with E-state index >= 15 is 0 Å². The minimum absolute atomic E-state index is 0.115. The Morgan fingerprint density at radius 3 is 2.74 bits per heavy atom. The number of carbonyl (C=O) groups excluding carboxylic acids is 1. The lowest BCUT2D eigenvalue weighted by Gasteiger charge is -2.36. The Morgan fingerprint density at radius 2 is 2.04 bits per heavy atom. The second-order valence-electron chi connectivity index (χ2n) is 7.15. The van der Waals surface area contributed by atoms with Gasteiger partial charge in [-0.05, 0) is 36.7 Å². The number of piperidine rings is 1. The van der Waals surface area contributed by atoms with Crippen molar-refractivity contribution in [3.05, 3.63) is 35.9 Å². The van der Waals surface area contributed by atoms with E-state index in [0.29, 0.717) is 6.61 Å². The van der Waals surface area contributed by atoms with Gasteiger partial charge in [-0.3, -0.25) is 10.2 Å². The minimum Gasteiger partial charge on any atom is -0.460 e. The van der Waals surface area contributed by atoms with Crippen molar-refractivity contribution in [3.8, 4) is 0 Å². The zero-order chi connectivity index (χ0) is 16.7. The highest BCUT2D eigenvalue weighted by Crippen LogP contribution is 2.21. The fraction of sp³-hybridized carbons (Fsp3) is 0.632. The van der Waals surface area contributed by atoms with Gasteiger partial charge >= 0.3 is 5.97 Å². The first-order chi connectivity index (χ1) is 11.0. The van der Waals surface area contributed by atoms with E-state index in [2.05, 4.69) is 31.2 Å². The molecule has 1 heterocycles. The first-order valence-electron chi connectivity index (χ1n) is 8.72. The van der Waals surface area contributed by atoms with Crippen LogP contribution in [0.3, 0.4) is 0 Å². The Kier molecular flexibility index (Phi) is 6.60. The number of esters is 1. The summed E-state index contributed by atoms with van der Waals surface area (Å²) in [6, 6.07) is 9.69. The molecular weight excluding hydrogens is 288 g/mol. The third-order valence-corrected chi connectivity index (χ3v) is 4.72. The highest BCUT2D eigenvalue weighted by molar-refractivity contribution is 5.75. The van der Waals surface area contributed by atoms with Crippen LogP contribution in [-0.4, -0.2) is 30.1 Å². The van der Waals surface area contributed by atoms with Crippen LogP contribution in [0.15, 0.2) is 30.3 Å². The molecule has 1 saturated heterocycles. The van der Waals surface area contributed by atoms with Crippen molar-refractivity contribution in [3.63, 3.8) is 0 Å². The quantitative estimate of drug-likeness (QED) is 0.781. The van der Waals surface area contributed by atoms with E-state index in [9.17, 15) is 4.79 Å². The van der Waals surface area contributed by atoms with Gasteiger partial charge in [0.05, 0.1) is 0 Å². The predicted molar refractivity (Wildman–Crippen MR) is 92.7 cm³/mol. The van der Waals surface area contributed by atoms with Crippen LogP contribution >= 0.6 is 0 Å². The van der Waals surface area contributed by atoms with E-state index in [4.69, 9.17) is 4.74 Å². The molecule has 1 aromatic carbocycles. The van der Waals surface area contributed by atoms with Crippen molar-refractivity contribution < 1.29 is 9.53 Å². The van der Waals surface area contributed by atoms with Crippen LogP contribution in [-0.2, 0) is 16.1 Å². The van der Waals surface area contributed by atoms with Crippen LogP contribution in [0.2, 0.25) is 0 Å². The molecule has 1 aliphatic heterocycles. The van der Waals surface area contributed by atoms with Gasteiger partial charge in [0.1, 0.15) is 12.6 Å². The van der Waals surface area contributed by atoms with Crippen LogP contribution in [0.5, 0.6) is 0 Å². The molecule has 0 radical (unpaired) electrons. The van der Waals surface area contributed by atoms with E-state index in [1.54, 1.807) is 0 Å². The van der Waals surface area contributed by atoms with Crippen molar-refractivity contribution in [2.75, 3.05) is 13.1 Å². The maximum absolute atomic E-state index is 12.5. The molecule has 0 bridgehead atoms. The molecule has 1 aliphatic rings. The van der Waals surface area contributed by atoms with E-state index in [-0.39, 0.29) is 17.4 Å². The van der Waals surface area contributed by atoms with E-state index in [1.165, 1.54) is 0 Å². The normalized spacial score (nSPS) is 19.5. The molecule has 4 heteroatoms. The Balaban J connectivity index is 1.88. The summed E-state index contributed by atoms with van der Waals surface area (Å²) in [4.78, 5) is 12.5. The molecule has 1 fully saturated rings. The third-order valence-electron chi connectivity index (χ3n) is 4.72. The van der Waals surface area contributed by atoms with Crippen LogP contribution in [0.25, 0.3) is 0 Å². The van der Waals surface area contributed by atoms with Crippen molar-refractivity contribution in [1.82, 2.24) is 10.4 Å². The summed E-state index contributed by atoms with van der Waals surface area (Å²) in [5.74, 6) is -0.115. The maximum Gasteiger partial charge on any atom is 0.325 e. The van der Waals surface area contributed by atoms with Gasteiger partial charge in [-0.15, -0.1) is 0 Å². The van der Waals surface area contributed by atoms with Gasteiger partial charge in [-0.1, -0.05) is 51.1 Å². The molecule has 0 saturated carbocycles. The van der Waals surface area contributed by atoms with Crippen molar-refractivity contribution in [1.29, 1.82) is 0 Å². The Morgan fingerprint density at radius 1 is 1.30 bits per heavy atom. The van der Waals surface area contributed by atoms with E-state index in [1.807, 2.05) is 30.3 Å². The second-order valence-corrected chi connectivity index (χ2v) is 7.15. The molecule has 1 atom stereocenters. The first kappa shape index (κ1) is 18.0. The molecule has 1 N–H and O–H groups in total. The van der Waals surface area contributed by atoms with Crippen molar-refractivity contribution in [2.45, 2.75) is 59.1 Å². The van der Waals surface area contributed by atoms with Crippen LogP contribution in [0.4, 0.5) is 0 Å². The first-order valence-corrected chi connectivity index (χ1v) is 8.72. The molecule has 1 unspecified atom stereocenters. The molecule has 23 heavy (non-hydrogen) atoms. The summed E-state index contributed by atoms with van der Waals surface area (Å²) in [6.45, 7) is 8.82. The molecule has 2 rings (SSSR count). The van der Waals surface area contributed by atoms with Crippen molar-refractivity contribution >= 4 is 5.97 Å². The third kappa shape index (κ3) is 5.63. The summed E-state index contributed by atoms with van der Waals surface area (Å²) in [6.07, 6.45) is 4.19. The fourth-order valence-corrected chi connectivity index (χ4v) is 2.63. The summed E-state index contributed by atoms with van der Waals surface area (Å²) >= 11 is 0. The summed E-state index contributed by atoms with van der Waals surface area (Å²) in [7, 11) is 0. The number of hydrogen-bond donors (Lipinski definition) is 1. The summed E-state index contributed by atoms with van der Waals surface area (Å²) in [5.41, 5.74) is 4.74. The van der Waals surface area contributed by atoms with Crippen LogP contribution in [0, 0.1) is 5.41 Å². The van der Waals surface area contributed by atoms with Gasteiger partial charge in [0.25, 0.3) is 0 Å². The largest absolute Gasteiger partial charge is 0.460 e. The Hall–Kier alpha value is -1.39. The number of nitrogens with one attached hydrogen (secondary N) is 1. The molecule has 0 aromatic heterocycles. The monoisotopic (exact) mass is 318 g/mol. The topological polar surface area (TPSA) is 41.6 Å². The highest BCUT2D eigenvalue weighted by atomic mass is 16.5. The zero-order valence-electron chi connectivity index (χ0n) is 14.7. The summed E-state index contributed by atoms with van der Waals surface area (Å²) < 4.78 is 5.54. The number of carbonyl (C=O) groups is 1. The Labute approximate surface area is 140 Å². The lowest BCUT2D eigenvalue weighted by atomic mass is 9.90. The van der Waals surface area contributed by atoms with Crippen LogP contribution in [0.1, 0.15) is 52.0 Å². The molecule has 0 amide bonds. The molecule has 4 nitrogen and oxygen atoms in total. The van der Waals surface area contributed by atoms with Gasteiger partial charge in [-0.25, -0.2) is 5.01 Å². The Bertz CT molecular complexity index is 487. The maximum atomic E-state index is 12.5. The summed E-state index contributed by atoms with van der Waals surface area (Å²) in [5, 5.41) is 2.09. The van der Waals surface area contributed by atoms with Gasteiger partial charge in [0, 0.05) is 13.1 Å². The van der Waals surface area contributed by atoms with E-state index in [0.717, 1.165) is 44.3 Å². The molecule has 1 aromatic rings. The van der Waals surface area contributed by atoms with Gasteiger partial charge in [-0.2, -0.15) is 0 Å². The van der Waals surface area contributed by atoms with Crippen molar-refractivity contribution in [2.24, 2.45) is 5.41 Å². The molecule has 128 valence electrons. The SMILES string of the molecule is CCC(C)(C)CNN1CCCCC1C(=O)OCc1ccccc1. The number of nitrogens with zero attached hydrogens (tertiary/aromatic N) is 1. The van der Waals surface area contributed by atoms with Gasteiger partial charge in [0.2, 0.25) is 0 Å². The fourth-order valence-electron chi connectivity index (χ4n) is 2.63.